The van der Waals surface area contributed by atoms with Crippen LogP contribution in [0.3, 0.4) is 0 Å². The number of anilines is 1. The van der Waals surface area contributed by atoms with Gasteiger partial charge in [-0.15, -0.1) is 6.58 Å². The Labute approximate surface area is 172 Å². The topological polar surface area (TPSA) is 123 Å². The fourth-order valence-corrected chi connectivity index (χ4v) is 3.12. The summed E-state index contributed by atoms with van der Waals surface area (Å²) in [4.78, 5) is 39.8. The van der Waals surface area contributed by atoms with Crippen molar-refractivity contribution in [1.82, 2.24) is 14.9 Å². The van der Waals surface area contributed by atoms with Gasteiger partial charge in [-0.25, -0.2) is 9.78 Å². The minimum absolute atomic E-state index is 0.0251. The number of nitrogens with one attached hydrogen (secondary N) is 2. The molecule has 0 spiro atoms. The molecule has 0 atom stereocenters. The van der Waals surface area contributed by atoms with Gasteiger partial charge in [0.2, 0.25) is 11.8 Å². The van der Waals surface area contributed by atoms with Crippen LogP contribution < -0.4 is 10.6 Å². The number of hydrogen-bond acceptors (Lipinski definition) is 7. The zero-order valence-electron chi connectivity index (χ0n) is 15.9. The Morgan fingerprint density at radius 3 is 2.62 bits per heavy atom. The van der Waals surface area contributed by atoms with E-state index in [4.69, 9.17) is 0 Å². The first-order valence-corrected chi connectivity index (χ1v) is 9.61. The van der Waals surface area contributed by atoms with Gasteiger partial charge in [-0.1, -0.05) is 17.8 Å². The lowest BCUT2D eigenvalue weighted by atomic mass is 10.2. The van der Waals surface area contributed by atoms with Crippen LogP contribution in [0.2, 0.25) is 0 Å². The molecule has 0 saturated heterocycles. The number of benzene rings is 1. The van der Waals surface area contributed by atoms with Gasteiger partial charge in [0.15, 0.2) is 5.16 Å². The van der Waals surface area contributed by atoms with E-state index in [-0.39, 0.29) is 30.7 Å². The molecule has 2 amide bonds. The van der Waals surface area contributed by atoms with E-state index in [1.165, 1.54) is 13.3 Å². The number of aromatic nitrogens is 2. The van der Waals surface area contributed by atoms with Crippen LogP contribution in [-0.2, 0) is 27.5 Å². The molecule has 0 bridgehead atoms. The van der Waals surface area contributed by atoms with Crippen LogP contribution in [0.15, 0.2) is 48.3 Å². The molecule has 2 rings (SSSR count). The molecule has 0 saturated carbocycles. The Morgan fingerprint density at radius 2 is 2.00 bits per heavy atom. The van der Waals surface area contributed by atoms with E-state index in [9.17, 15) is 19.5 Å². The highest BCUT2D eigenvalue weighted by Crippen LogP contribution is 2.19. The maximum absolute atomic E-state index is 12.2. The average Bonchev–Trinajstić information content (AvgIpc) is 3.12. The van der Waals surface area contributed by atoms with E-state index in [0.717, 1.165) is 11.8 Å². The molecule has 0 aliphatic carbocycles. The smallest absolute Gasteiger partial charge is 0.337 e. The van der Waals surface area contributed by atoms with Gasteiger partial charge >= 0.3 is 5.97 Å². The summed E-state index contributed by atoms with van der Waals surface area (Å²) in [6.45, 7) is 3.57. The number of esters is 1. The van der Waals surface area contributed by atoms with Crippen molar-refractivity contribution >= 4 is 35.2 Å². The predicted octanol–water partition coefficient (Wildman–Crippen LogP) is 1.19. The molecule has 10 heteroatoms. The number of imidazole rings is 1. The molecule has 29 heavy (non-hydrogen) atoms. The molecule has 0 aliphatic heterocycles. The SMILES string of the molecule is C=CCNC(=O)Cn1c(CO)cnc1SCC(=O)Nc1ccc(C(=O)OC)cc1. The number of aliphatic hydroxyl groups excluding tert-OH is 1. The third-order valence-electron chi connectivity index (χ3n) is 3.73. The van der Waals surface area contributed by atoms with Crippen molar-refractivity contribution in [2.24, 2.45) is 0 Å². The van der Waals surface area contributed by atoms with Crippen LogP contribution >= 0.6 is 11.8 Å². The molecule has 0 fully saturated rings. The Hall–Kier alpha value is -3.11. The predicted molar refractivity (Wildman–Crippen MR) is 108 cm³/mol. The van der Waals surface area contributed by atoms with Crippen molar-refractivity contribution in [2.75, 3.05) is 24.7 Å². The molecule has 9 nitrogen and oxygen atoms in total. The first kappa shape index (κ1) is 22.2. The van der Waals surface area contributed by atoms with Crippen molar-refractivity contribution in [1.29, 1.82) is 0 Å². The molecule has 0 aliphatic rings. The summed E-state index contributed by atoms with van der Waals surface area (Å²) in [5.74, 6) is -0.941. The van der Waals surface area contributed by atoms with Crippen LogP contribution in [-0.4, -0.2) is 51.8 Å². The normalized spacial score (nSPS) is 10.3. The maximum Gasteiger partial charge on any atom is 0.337 e. The minimum atomic E-state index is -0.456. The molecule has 0 unspecified atom stereocenters. The van der Waals surface area contributed by atoms with Gasteiger partial charge in [0, 0.05) is 12.2 Å². The quantitative estimate of drug-likeness (QED) is 0.301. The highest BCUT2D eigenvalue weighted by molar-refractivity contribution is 7.99. The summed E-state index contributed by atoms with van der Waals surface area (Å²) in [7, 11) is 1.30. The monoisotopic (exact) mass is 418 g/mol. The molecule has 1 aromatic heterocycles. The number of thioether (sulfide) groups is 1. The molecule has 3 N–H and O–H groups in total. The van der Waals surface area contributed by atoms with Gasteiger partial charge in [-0.05, 0) is 24.3 Å². The second-order valence-corrected chi connectivity index (χ2v) is 6.72. The number of carbonyl (C=O) groups is 3. The van der Waals surface area contributed by atoms with Crippen LogP contribution in [0.1, 0.15) is 16.1 Å². The molecule has 0 radical (unpaired) electrons. The Morgan fingerprint density at radius 1 is 1.28 bits per heavy atom. The lowest BCUT2D eigenvalue weighted by Crippen LogP contribution is -2.28. The van der Waals surface area contributed by atoms with Crippen LogP contribution in [0.4, 0.5) is 5.69 Å². The van der Waals surface area contributed by atoms with Gasteiger partial charge in [0.25, 0.3) is 0 Å². The number of rotatable bonds is 10. The third kappa shape index (κ3) is 6.47. The number of nitrogens with zero attached hydrogens (tertiary/aromatic N) is 2. The van der Waals surface area contributed by atoms with Gasteiger partial charge in [-0.3, -0.25) is 9.59 Å². The van der Waals surface area contributed by atoms with E-state index < -0.39 is 5.97 Å². The molecular formula is C19H22N4O5S. The first-order valence-electron chi connectivity index (χ1n) is 8.62. The standard InChI is InChI=1S/C19H22N4O5S/c1-3-8-20-16(25)10-23-15(11-24)9-21-19(23)29-12-17(26)22-14-6-4-13(5-7-14)18(27)28-2/h3-7,9,24H,1,8,10-12H2,2H3,(H,20,25)(H,22,26). The maximum atomic E-state index is 12.2. The van der Waals surface area contributed by atoms with Crippen molar-refractivity contribution in [2.45, 2.75) is 18.3 Å². The second-order valence-electron chi connectivity index (χ2n) is 5.77. The highest BCUT2D eigenvalue weighted by Gasteiger charge is 2.15. The molecule has 1 aromatic carbocycles. The van der Waals surface area contributed by atoms with E-state index in [2.05, 4.69) is 26.9 Å². The fourth-order valence-electron chi connectivity index (χ4n) is 2.32. The zero-order chi connectivity index (χ0) is 21.2. The molecule has 2 aromatic rings. The lowest BCUT2D eigenvalue weighted by molar-refractivity contribution is -0.121. The minimum Gasteiger partial charge on any atom is -0.465 e. The summed E-state index contributed by atoms with van der Waals surface area (Å²) < 4.78 is 6.18. The summed E-state index contributed by atoms with van der Waals surface area (Å²) in [6.07, 6.45) is 3.03. The number of carbonyl (C=O) groups excluding carboxylic acids is 3. The van der Waals surface area contributed by atoms with E-state index >= 15 is 0 Å². The number of hydrogen-bond donors (Lipinski definition) is 3. The van der Waals surface area contributed by atoms with E-state index in [0.29, 0.717) is 28.6 Å². The summed E-state index contributed by atoms with van der Waals surface area (Å²) in [5.41, 5.74) is 1.39. The number of ether oxygens (including phenoxy) is 1. The number of aliphatic hydroxyl groups is 1. The zero-order valence-corrected chi connectivity index (χ0v) is 16.7. The van der Waals surface area contributed by atoms with Gasteiger partial charge < -0.3 is 25.0 Å². The van der Waals surface area contributed by atoms with Gasteiger partial charge in [0.05, 0.1) is 36.9 Å². The van der Waals surface area contributed by atoms with E-state index in [1.54, 1.807) is 34.9 Å². The van der Waals surface area contributed by atoms with E-state index in [1.807, 2.05) is 0 Å². The fraction of sp³-hybridized carbons (Fsp3) is 0.263. The first-order chi connectivity index (χ1) is 14.0. The van der Waals surface area contributed by atoms with Gasteiger partial charge in [-0.2, -0.15) is 0 Å². The molecule has 1 heterocycles. The Balaban J connectivity index is 1.95. The van der Waals surface area contributed by atoms with Crippen molar-refractivity contribution in [3.05, 3.63) is 54.4 Å². The average molecular weight is 418 g/mol. The summed E-state index contributed by atoms with van der Waals surface area (Å²) >= 11 is 1.14. The Kier molecular flexibility index (Phi) is 8.44. The van der Waals surface area contributed by atoms with Gasteiger partial charge in [0.1, 0.15) is 6.54 Å². The van der Waals surface area contributed by atoms with Crippen LogP contribution in [0.25, 0.3) is 0 Å². The Bertz CT molecular complexity index is 879. The molecular weight excluding hydrogens is 396 g/mol. The highest BCUT2D eigenvalue weighted by atomic mass is 32.2. The van der Waals surface area contributed by atoms with Crippen LogP contribution in [0, 0.1) is 0 Å². The van der Waals surface area contributed by atoms with Crippen molar-refractivity contribution in [3.63, 3.8) is 0 Å². The van der Waals surface area contributed by atoms with Crippen molar-refractivity contribution < 1.29 is 24.2 Å². The van der Waals surface area contributed by atoms with Crippen LogP contribution in [0.5, 0.6) is 0 Å². The third-order valence-corrected chi connectivity index (χ3v) is 4.72. The summed E-state index contributed by atoms with van der Waals surface area (Å²) in [6, 6.07) is 6.31. The molecule has 154 valence electrons. The van der Waals surface area contributed by atoms with Crippen molar-refractivity contribution in [3.8, 4) is 0 Å². The summed E-state index contributed by atoms with van der Waals surface area (Å²) in [5, 5.41) is 15.3. The number of methoxy groups -OCH3 is 1. The second kappa shape index (κ2) is 11.0. The largest absolute Gasteiger partial charge is 0.465 e. The lowest BCUT2D eigenvalue weighted by Gasteiger charge is -2.10. The number of amides is 2.